The molecule has 0 N–H and O–H groups in total. The topological polar surface area (TPSA) is 44.1 Å². The van der Waals surface area contributed by atoms with Gasteiger partial charge in [0.05, 0.1) is 6.07 Å². The standard InChI is InChI=1S/C12H14N2O/c1-9-5-4-6-11(7-9)12(15)14(3)10(2)8-13/h4-7,10H,1-3H3. The molecule has 0 heterocycles. The van der Waals surface area contributed by atoms with Crippen LogP contribution in [-0.2, 0) is 0 Å². The molecule has 1 amide bonds. The second-order valence-electron chi connectivity index (χ2n) is 3.59. The third-order valence-electron chi connectivity index (χ3n) is 2.35. The Hall–Kier alpha value is -1.82. The largest absolute Gasteiger partial charge is 0.326 e. The average Bonchev–Trinajstić information content (AvgIpc) is 2.26. The first-order chi connectivity index (χ1) is 7.06. The van der Waals surface area contributed by atoms with Gasteiger partial charge in [0.1, 0.15) is 6.04 Å². The number of nitriles is 1. The van der Waals surface area contributed by atoms with Crippen LogP contribution >= 0.6 is 0 Å². The van der Waals surface area contributed by atoms with Crippen molar-refractivity contribution in [3.63, 3.8) is 0 Å². The maximum Gasteiger partial charge on any atom is 0.254 e. The molecule has 1 rings (SSSR count). The van der Waals surface area contributed by atoms with Crippen LogP contribution in [0.4, 0.5) is 0 Å². The zero-order valence-corrected chi connectivity index (χ0v) is 9.19. The summed E-state index contributed by atoms with van der Waals surface area (Å²) < 4.78 is 0. The first-order valence-corrected chi connectivity index (χ1v) is 4.79. The molecule has 0 radical (unpaired) electrons. The van der Waals surface area contributed by atoms with Crippen LogP contribution in [0.1, 0.15) is 22.8 Å². The fourth-order valence-electron chi connectivity index (χ4n) is 1.24. The lowest BCUT2D eigenvalue weighted by Gasteiger charge is -2.19. The molecule has 0 saturated heterocycles. The first kappa shape index (κ1) is 11.3. The SMILES string of the molecule is Cc1cccc(C(=O)N(C)C(C)C#N)c1. The van der Waals surface area contributed by atoms with E-state index < -0.39 is 6.04 Å². The smallest absolute Gasteiger partial charge is 0.254 e. The van der Waals surface area contributed by atoms with E-state index >= 15 is 0 Å². The van der Waals surface area contributed by atoms with Gasteiger partial charge in [-0.3, -0.25) is 4.79 Å². The van der Waals surface area contributed by atoms with E-state index in [4.69, 9.17) is 5.26 Å². The molecule has 0 aliphatic rings. The molecule has 0 aromatic heterocycles. The van der Waals surface area contributed by atoms with E-state index in [0.29, 0.717) is 5.56 Å². The van der Waals surface area contributed by atoms with E-state index in [9.17, 15) is 4.79 Å². The zero-order chi connectivity index (χ0) is 11.4. The molecule has 0 aliphatic carbocycles. The number of carbonyl (C=O) groups is 1. The fraction of sp³-hybridized carbons (Fsp3) is 0.333. The number of amides is 1. The normalized spacial score (nSPS) is 11.6. The Kier molecular flexibility index (Phi) is 3.46. The highest BCUT2D eigenvalue weighted by Crippen LogP contribution is 2.08. The number of rotatable bonds is 2. The van der Waals surface area contributed by atoms with Gasteiger partial charge in [-0.15, -0.1) is 0 Å². The first-order valence-electron chi connectivity index (χ1n) is 4.79. The molecule has 1 aromatic rings. The molecule has 78 valence electrons. The third-order valence-corrected chi connectivity index (χ3v) is 2.35. The Morgan fingerprint density at radius 3 is 2.73 bits per heavy atom. The Morgan fingerprint density at radius 1 is 1.53 bits per heavy atom. The van der Waals surface area contributed by atoms with Gasteiger partial charge in [0, 0.05) is 12.6 Å². The Morgan fingerprint density at radius 2 is 2.20 bits per heavy atom. The van der Waals surface area contributed by atoms with Crippen LogP contribution in [-0.4, -0.2) is 23.9 Å². The van der Waals surface area contributed by atoms with Gasteiger partial charge in [-0.25, -0.2) is 0 Å². The number of hydrogen-bond donors (Lipinski definition) is 0. The summed E-state index contributed by atoms with van der Waals surface area (Å²) in [5.41, 5.74) is 1.67. The summed E-state index contributed by atoms with van der Waals surface area (Å²) >= 11 is 0. The van der Waals surface area contributed by atoms with Crippen LogP contribution in [0, 0.1) is 18.3 Å². The van der Waals surface area contributed by atoms with E-state index in [2.05, 4.69) is 0 Å². The van der Waals surface area contributed by atoms with E-state index in [0.717, 1.165) is 5.56 Å². The molecule has 0 saturated carbocycles. The minimum atomic E-state index is -0.405. The Bertz CT molecular complexity index is 406. The van der Waals surface area contributed by atoms with Crippen molar-refractivity contribution in [2.45, 2.75) is 19.9 Å². The van der Waals surface area contributed by atoms with Crippen LogP contribution in [0.25, 0.3) is 0 Å². The predicted octanol–water partition coefficient (Wildman–Crippen LogP) is 1.98. The molecular weight excluding hydrogens is 188 g/mol. The van der Waals surface area contributed by atoms with Crippen LogP contribution in [0.5, 0.6) is 0 Å². The number of nitrogens with zero attached hydrogens (tertiary/aromatic N) is 2. The summed E-state index contributed by atoms with van der Waals surface area (Å²) in [7, 11) is 1.64. The van der Waals surface area contributed by atoms with Crippen LogP contribution in [0.3, 0.4) is 0 Å². The minimum Gasteiger partial charge on any atom is -0.326 e. The van der Waals surface area contributed by atoms with Gasteiger partial charge in [0.2, 0.25) is 0 Å². The predicted molar refractivity (Wildman–Crippen MR) is 58.3 cm³/mol. The highest BCUT2D eigenvalue weighted by Gasteiger charge is 2.16. The molecule has 15 heavy (non-hydrogen) atoms. The van der Waals surface area contributed by atoms with E-state index in [1.807, 2.05) is 31.2 Å². The lowest BCUT2D eigenvalue weighted by molar-refractivity contribution is 0.0773. The number of carbonyl (C=O) groups excluding carboxylic acids is 1. The van der Waals surface area contributed by atoms with Gasteiger partial charge in [-0.2, -0.15) is 5.26 Å². The summed E-state index contributed by atoms with van der Waals surface area (Å²) in [5, 5.41) is 8.71. The van der Waals surface area contributed by atoms with Crippen molar-refractivity contribution in [2.75, 3.05) is 7.05 Å². The molecule has 0 aliphatic heterocycles. The second-order valence-corrected chi connectivity index (χ2v) is 3.59. The molecule has 3 heteroatoms. The Labute approximate surface area is 89.9 Å². The van der Waals surface area contributed by atoms with Crippen molar-refractivity contribution >= 4 is 5.91 Å². The molecule has 0 bridgehead atoms. The number of hydrogen-bond acceptors (Lipinski definition) is 2. The van der Waals surface area contributed by atoms with Crippen molar-refractivity contribution in [3.8, 4) is 6.07 Å². The van der Waals surface area contributed by atoms with Gasteiger partial charge in [-0.05, 0) is 26.0 Å². The van der Waals surface area contributed by atoms with Gasteiger partial charge in [0.15, 0.2) is 0 Å². The van der Waals surface area contributed by atoms with Gasteiger partial charge in [-0.1, -0.05) is 17.7 Å². The lowest BCUT2D eigenvalue weighted by atomic mass is 10.1. The van der Waals surface area contributed by atoms with Crippen molar-refractivity contribution in [3.05, 3.63) is 35.4 Å². The van der Waals surface area contributed by atoms with E-state index in [1.165, 1.54) is 4.90 Å². The summed E-state index contributed by atoms with van der Waals surface area (Å²) in [6.07, 6.45) is 0. The van der Waals surface area contributed by atoms with Crippen LogP contribution in [0.15, 0.2) is 24.3 Å². The fourth-order valence-corrected chi connectivity index (χ4v) is 1.24. The highest BCUT2D eigenvalue weighted by molar-refractivity contribution is 5.94. The monoisotopic (exact) mass is 202 g/mol. The molecule has 1 unspecified atom stereocenters. The van der Waals surface area contributed by atoms with E-state index in [1.54, 1.807) is 20.0 Å². The van der Waals surface area contributed by atoms with Crippen LogP contribution < -0.4 is 0 Å². The third kappa shape index (κ3) is 2.57. The summed E-state index contributed by atoms with van der Waals surface area (Å²) in [5.74, 6) is -0.118. The maximum absolute atomic E-state index is 11.9. The molecular formula is C12H14N2O. The highest BCUT2D eigenvalue weighted by atomic mass is 16.2. The van der Waals surface area contributed by atoms with Gasteiger partial charge >= 0.3 is 0 Å². The van der Waals surface area contributed by atoms with Crippen molar-refractivity contribution < 1.29 is 4.79 Å². The average molecular weight is 202 g/mol. The number of aryl methyl sites for hydroxylation is 1. The van der Waals surface area contributed by atoms with Crippen molar-refractivity contribution in [1.29, 1.82) is 5.26 Å². The van der Waals surface area contributed by atoms with E-state index in [-0.39, 0.29) is 5.91 Å². The Balaban J connectivity index is 2.91. The summed E-state index contributed by atoms with van der Waals surface area (Å²) in [6, 6.07) is 8.99. The minimum absolute atomic E-state index is 0.118. The van der Waals surface area contributed by atoms with Crippen LogP contribution in [0.2, 0.25) is 0 Å². The molecule has 1 aromatic carbocycles. The molecule has 1 atom stereocenters. The van der Waals surface area contributed by atoms with Gasteiger partial charge < -0.3 is 4.90 Å². The molecule has 0 spiro atoms. The maximum atomic E-state index is 11.9. The van der Waals surface area contributed by atoms with Crippen molar-refractivity contribution in [1.82, 2.24) is 4.90 Å². The number of benzene rings is 1. The van der Waals surface area contributed by atoms with Gasteiger partial charge in [0.25, 0.3) is 5.91 Å². The quantitative estimate of drug-likeness (QED) is 0.736. The summed E-state index contributed by atoms with van der Waals surface area (Å²) in [6.45, 7) is 3.64. The molecule has 3 nitrogen and oxygen atoms in total. The lowest BCUT2D eigenvalue weighted by Crippen LogP contribution is -2.34. The van der Waals surface area contributed by atoms with Crippen molar-refractivity contribution in [2.24, 2.45) is 0 Å². The summed E-state index contributed by atoms with van der Waals surface area (Å²) in [4.78, 5) is 13.3. The molecule has 0 fully saturated rings. The zero-order valence-electron chi connectivity index (χ0n) is 9.19. The second kappa shape index (κ2) is 4.61.